The molecule has 210 valence electrons. The smallest absolute Gasteiger partial charge is 0.335 e. The number of carboxylic acids is 1. The van der Waals surface area contributed by atoms with Crippen LogP contribution < -0.4 is 14.8 Å². The zero-order valence-corrected chi connectivity index (χ0v) is 23.9. The van der Waals surface area contributed by atoms with E-state index in [0.717, 1.165) is 22.5 Å². The molecule has 0 fully saturated rings. The molecule has 2 aromatic heterocycles. The van der Waals surface area contributed by atoms with Crippen molar-refractivity contribution in [2.45, 2.75) is 17.3 Å². The second kappa shape index (κ2) is 11.6. The molecular weight excluding hydrogens is 588 g/mol. The molecule has 13 heteroatoms. The van der Waals surface area contributed by atoms with Gasteiger partial charge in [-0.05, 0) is 53.6 Å². The van der Waals surface area contributed by atoms with Gasteiger partial charge in [-0.2, -0.15) is 5.10 Å². The quantitative estimate of drug-likeness (QED) is 0.196. The summed E-state index contributed by atoms with van der Waals surface area (Å²) in [5, 5.41) is 17.1. The molecule has 3 aromatic carbocycles. The number of carboxylic acid groups (broad SMARTS) is 1. The summed E-state index contributed by atoms with van der Waals surface area (Å²) in [5.74, 6) is -0.927. The number of hydrogen-bond acceptors (Lipinski definition) is 7. The van der Waals surface area contributed by atoms with Crippen molar-refractivity contribution < 1.29 is 27.9 Å². The Hall–Kier alpha value is -4.39. The van der Waals surface area contributed by atoms with Crippen LogP contribution in [0.4, 0.5) is 5.82 Å². The summed E-state index contributed by atoms with van der Waals surface area (Å²) in [4.78, 5) is 23.8. The summed E-state index contributed by atoms with van der Waals surface area (Å²) in [6.07, 6.45) is 0. The molecule has 3 N–H and O–H groups in total. The molecule has 10 nitrogen and oxygen atoms in total. The lowest BCUT2D eigenvalue weighted by molar-refractivity contribution is 0.0697. The van der Waals surface area contributed by atoms with Crippen molar-refractivity contribution in [3.63, 3.8) is 0 Å². The zero-order valence-electron chi connectivity index (χ0n) is 21.5. The number of anilines is 1. The molecule has 1 amide bonds. The molecule has 0 aliphatic heterocycles. The number of hydrogen-bond donors (Lipinski definition) is 3. The molecule has 41 heavy (non-hydrogen) atoms. The Morgan fingerprint density at radius 2 is 1.73 bits per heavy atom. The standard InChI is InChI=1S/C28H23ClN4O6S2/c1-39-22-10-4-9-21-25(22)26(32-41(37,38)24-12-11-23(29)40-24)31-33(21)16-18-6-2-5-17(13-18)15-30-27(34)19-7-3-8-20(14-19)28(35)36/h2-14H,15-16H2,1H3,(H,30,34)(H,31,32)(H,35,36). The van der Waals surface area contributed by atoms with E-state index in [1.54, 1.807) is 22.9 Å². The molecule has 0 radical (unpaired) electrons. The van der Waals surface area contributed by atoms with Crippen LogP contribution >= 0.6 is 22.9 Å². The van der Waals surface area contributed by atoms with Gasteiger partial charge in [0, 0.05) is 12.1 Å². The van der Waals surface area contributed by atoms with Gasteiger partial charge >= 0.3 is 5.97 Å². The fourth-order valence-electron chi connectivity index (χ4n) is 4.27. The number of benzene rings is 3. The zero-order chi connectivity index (χ0) is 29.1. The third-order valence-electron chi connectivity index (χ3n) is 6.15. The van der Waals surface area contributed by atoms with Gasteiger partial charge in [-0.1, -0.05) is 48.0 Å². The van der Waals surface area contributed by atoms with Crippen molar-refractivity contribution in [2.24, 2.45) is 0 Å². The van der Waals surface area contributed by atoms with E-state index in [1.807, 2.05) is 30.3 Å². The Balaban J connectivity index is 1.38. The van der Waals surface area contributed by atoms with Crippen LogP contribution in [0.5, 0.6) is 5.75 Å². The second-order valence-corrected chi connectivity index (χ2v) is 12.5. The maximum Gasteiger partial charge on any atom is 0.335 e. The lowest BCUT2D eigenvalue weighted by Crippen LogP contribution is -2.23. The number of ether oxygens (including phenoxy) is 1. The number of thiophene rings is 1. The summed E-state index contributed by atoms with van der Waals surface area (Å²) in [7, 11) is -2.44. The highest BCUT2D eigenvalue weighted by atomic mass is 35.5. The highest BCUT2D eigenvalue weighted by Gasteiger charge is 2.23. The molecule has 0 aliphatic rings. The van der Waals surface area contributed by atoms with Crippen LogP contribution in [0.25, 0.3) is 10.9 Å². The van der Waals surface area contributed by atoms with E-state index in [1.165, 1.54) is 37.4 Å². The molecule has 5 aromatic rings. The normalized spacial score (nSPS) is 11.4. The minimum Gasteiger partial charge on any atom is -0.496 e. The summed E-state index contributed by atoms with van der Waals surface area (Å²) in [6, 6.07) is 21.6. The fourth-order valence-corrected chi connectivity index (χ4v) is 6.76. The Kier molecular flexibility index (Phi) is 7.97. The number of halogens is 1. The van der Waals surface area contributed by atoms with Gasteiger partial charge in [0.05, 0.1) is 34.5 Å². The number of carbonyl (C=O) groups excluding carboxylic acids is 1. The van der Waals surface area contributed by atoms with Gasteiger partial charge in [-0.15, -0.1) is 11.3 Å². The van der Waals surface area contributed by atoms with Crippen molar-refractivity contribution in [2.75, 3.05) is 11.8 Å². The highest BCUT2D eigenvalue weighted by Crippen LogP contribution is 2.35. The second-order valence-electron chi connectivity index (χ2n) is 8.91. The van der Waals surface area contributed by atoms with Crippen molar-refractivity contribution >= 4 is 61.6 Å². The maximum absolute atomic E-state index is 13.0. The summed E-state index contributed by atoms with van der Waals surface area (Å²) in [5.41, 5.74) is 2.61. The Morgan fingerprint density at radius 3 is 2.46 bits per heavy atom. The van der Waals surface area contributed by atoms with E-state index in [2.05, 4.69) is 15.1 Å². The van der Waals surface area contributed by atoms with E-state index in [0.29, 0.717) is 27.5 Å². The first-order chi connectivity index (χ1) is 19.6. The topological polar surface area (TPSA) is 140 Å². The molecular formula is C28H23ClN4O6S2. The van der Waals surface area contributed by atoms with E-state index < -0.39 is 21.9 Å². The van der Waals surface area contributed by atoms with E-state index >= 15 is 0 Å². The number of amides is 1. The van der Waals surface area contributed by atoms with E-state index in [-0.39, 0.29) is 27.7 Å². The fraction of sp³-hybridized carbons (Fsp3) is 0.107. The van der Waals surface area contributed by atoms with E-state index in [9.17, 15) is 23.1 Å². The molecule has 0 unspecified atom stereocenters. The first-order valence-electron chi connectivity index (χ1n) is 12.2. The number of nitrogens with one attached hydrogen (secondary N) is 2. The Morgan fingerprint density at radius 1 is 1.00 bits per heavy atom. The largest absolute Gasteiger partial charge is 0.496 e. The Labute approximate surface area is 244 Å². The van der Waals surface area contributed by atoms with Gasteiger partial charge in [-0.3, -0.25) is 14.2 Å². The van der Waals surface area contributed by atoms with Gasteiger partial charge < -0.3 is 15.2 Å². The minimum absolute atomic E-state index is 0.0311. The average Bonchev–Trinajstić information content (AvgIpc) is 3.55. The molecule has 0 bridgehead atoms. The molecule has 5 rings (SSSR count). The van der Waals surface area contributed by atoms with Gasteiger partial charge in [0.1, 0.15) is 9.96 Å². The SMILES string of the molecule is COc1cccc2c1c(NS(=O)(=O)c1ccc(Cl)s1)nn2Cc1cccc(CNC(=O)c2cccc(C(=O)O)c2)c1. The van der Waals surface area contributed by atoms with Crippen molar-refractivity contribution in [1.29, 1.82) is 0 Å². The number of carbonyl (C=O) groups is 2. The van der Waals surface area contributed by atoms with Crippen LogP contribution in [-0.2, 0) is 23.1 Å². The number of rotatable bonds is 10. The van der Waals surface area contributed by atoms with Gasteiger partial charge in [0.2, 0.25) is 0 Å². The first kappa shape index (κ1) is 28.1. The number of nitrogens with zero attached hydrogens (tertiary/aromatic N) is 2. The van der Waals surface area contributed by atoms with Crippen molar-refractivity contribution in [3.05, 3.63) is 105 Å². The van der Waals surface area contributed by atoms with Crippen LogP contribution in [0.1, 0.15) is 31.8 Å². The van der Waals surface area contributed by atoms with E-state index in [4.69, 9.17) is 16.3 Å². The average molecular weight is 611 g/mol. The van der Waals surface area contributed by atoms with Gasteiger partial charge in [0.15, 0.2) is 5.82 Å². The van der Waals surface area contributed by atoms with Crippen molar-refractivity contribution in [1.82, 2.24) is 15.1 Å². The van der Waals surface area contributed by atoms with Gasteiger partial charge in [-0.25, -0.2) is 13.2 Å². The third kappa shape index (κ3) is 6.19. The number of fused-ring (bicyclic) bond motifs is 1. The molecule has 2 heterocycles. The summed E-state index contributed by atoms with van der Waals surface area (Å²) in [6.45, 7) is 0.519. The van der Waals surface area contributed by atoms with Crippen LogP contribution in [0.2, 0.25) is 4.34 Å². The molecule has 0 atom stereocenters. The lowest BCUT2D eigenvalue weighted by atomic mass is 10.1. The maximum atomic E-state index is 13.0. The molecule has 0 saturated heterocycles. The number of methoxy groups -OCH3 is 1. The van der Waals surface area contributed by atoms with Crippen LogP contribution in [-0.4, -0.2) is 42.3 Å². The van der Waals surface area contributed by atoms with Crippen molar-refractivity contribution in [3.8, 4) is 5.75 Å². The number of aromatic nitrogens is 2. The molecule has 0 spiro atoms. The monoisotopic (exact) mass is 610 g/mol. The number of aromatic carboxylic acids is 1. The van der Waals surface area contributed by atoms with Crippen LogP contribution in [0.3, 0.4) is 0 Å². The van der Waals surface area contributed by atoms with Gasteiger partial charge in [0.25, 0.3) is 15.9 Å². The Bertz CT molecular complexity index is 1880. The summed E-state index contributed by atoms with van der Waals surface area (Å²) >= 11 is 6.89. The third-order valence-corrected chi connectivity index (χ3v) is 9.21. The lowest BCUT2D eigenvalue weighted by Gasteiger charge is -2.09. The molecule has 0 aliphatic carbocycles. The summed E-state index contributed by atoms with van der Waals surface area (Å²) < 4.78 is 36.2. The highest BCUT2D eigenvalue weighted by molar-refractivity contribution is 7.94. The predicted molar refractivity (Wildman–Crippen MR) is 157 cm³/mol. The van der Waals surface area contributed by atoms with Crippen LogP contribution in [0.15, 0.2) is 83.1 Å². The predicted octanol–water partition coefficient (Wildman–Crippen LogP) is 5.24. The number of sulfonamides is 1. The molecule has 0 saturated carbocycles. The minimum atomic E-state index is -3.94. The van der Waals surface area contributed by atoms with Crippen LogP contribution in [0, 0.1) is 0 Å². The first-order valence-corrected chi connectivity index (χ1v) is 14.8.